The highest BCUT2D eigenvalue weighted by Crippen LogP contribution is 2.30. The lowest BCUT2D eigenvalue weighted by atomic mass is 10.2. The first-order valence-corrected chi connectivity index (χ1v) is 6.63. The van der Waals surface area contributed by atoms with Gasteiger partial charge in [0.15, 0.2) is 11.5 Å². The van der Waals surface area contributed by atoms with Crippen LogP contribution in [0.1, 0.15) is 5.56 Å². The zero-order valence-corrected chi connectivity index (χ0v) is 11.2. The number of amides is 1. The predicted molar refractivity (Wildman–Crippen MR) is 74.6 cm³/mol. The highest BCUT2D eigenvalue weighted by atomic mass is 19.1. The lowest BCUT2D eigenvalue weighted by Gasteiger charge is -2.25. The molecule has 3 rings (SSSR count). The van der Waals surface area contributed by atoms with Crippen LogP contribution in [0, 0.1) is 5.82 Å². The SMILES string of the molecule is O=C(NCc1ccc(F)cc1)C1COc2ccccc2O1. The number of carbonyl (C=O) groups is 1. The number of rotatable bonds is 3. The average molecular weight is 287 g/mol. The Morgan fingerprint density at radius 3 is 2.62 bits per heavy atom. The lowest BCUT2D eigenvalue weighted by molar-refractivity contribution is -0.130. The van der Waals surface area contributed by atoms with Crippen LogP contribution in [0.5, 0.6) is 11.5 Å². The summed E-state index contributed by atoms with van der Waals surface area (Å²) in [6.07, 6.45) is -0.680. The van der Waals surface area contributed by atoms with Gasteiger partial charge >= 0.3 is 0 Å². The minimum atomic E-state index is -0.680. The predicted octanol–water partition coefficient (Wildman–Crippen LogP) is 2.28. The van der Waals surface area contributed by atoms with Gasteiger partial charge in [-0.1, -0.05) is 24.3 Å². The Morgan fingerprint density at radius 1 is 1.14 bits per heavy atom. The quantitative estimate of drug-likeness (QED) is 0.942. The Hall–Kier alpha value is -2.56. The molecule has 1 aliphatic rings. The van der Waals surface area contributed by atoms with Crippen molar-refractivity contribution in [1.29, 1.82) is 0 Å². The van der Waals surface area contributed by atoms with Crippen LogP contribution in [-0.2, 0) is 11.3 Å². The highest BCUT2D eigenvalue weighted by molar-refractivity contribution is 5.81. The lowest BCUT2D eigenvalue weighted by Crippen LogP contribution is -2.43. The summed E-state index contributed by atoms with van der Waals surface area (Å²) in [6.45, 7) is 0.493. The summed E-state index contributed by atoms with van der Waals surface area (Å²) in [5.41, 5.74) is 0.821. The number of fused-ring (bicyclic) bond motifs is 1. The number of benzene rings is 2. The molecule has 4 nitrogen and oxygen atoms in total. The second kappa shape index (κ2) is 5.83. The molecule has 1 aliphatic heterocycles. The van der Waals surface area contributed by atoms with Gasteiger partial charge in [-0.3, -0.25) is 4.79 Å². The molecule has 0 bridgehead atoms. The van der Waals surface area contributed by atoms with Crippen LogP contribution in [-0.4, -0.2) is 18.6 Å². The standard InChI is InChI=1S/C16H14FNO3/c17-12-7-5-11(6-8-12)9-18-16(19)15-10-20-13-3-1-2-4-14(13)21-15/h1-8,15H,9-10H2,(H,18,19). The zero-order valence-electron chi connectivity index (χ0n) is 11.2. The van der Waals surface area contributed by atoms with Crippen LogP contribution in [0.3, 0.4) is 0 Å². The first-order chi connectivity index (χ1) is 10.2. The first kappa shape index (κ1) is 13.4. The molecule has 1 heterocycles. The molecule has 1 atom stereocenters. The van der Waals surface area contributed by atoms with Gasteiger partial charge in [0.1, 0.15) is 12.4 Å². The monoisotopic (exact) mass is 287 g/mol. The van der Waals surface area contributed by atoms with Gasteiger partial charge in [0.05, 0.1) is 0 Å². The maximum Gasteiger partial charge on any atom is 0.264 e. The summed E-state index contributed by atoms with van der Waals surface area (Å²) in [7, 11) is 0. The normalized spacial score (nSPS) is 16.3. The van der Waals surface area contributed by atoms with Crippen molar-refractivity contribution in [2.45, 2.75) is 12.6 Å². The van der Waals surface area contributed by atoms with Crippen LogP contribution in [0.2, 0.25) is 0 Å². The van der Waals surface area contributed by atoms with E-state index in [4.69, 9.17) is 9.47 Å². The van der Waals surface area contributed by atoms with Crippen LogP contribution >= 0.6 is 0 Å². The molecule has 0 aliphatic carbocycles. The Labute approximate surface area is 121 Å². The molecule has 2 aromatic carbocycles. The van der Waals surface area contributed by atoms with Gasteiger partial charge in [0, 0.05) is 6.54 Å². The molecule has 1 amide bonds. The Bertz CT molecular complexity index is 642. The van der Waals surface area contributed by atoms with E-state index >= 15 is 0 Å². The van der Waals surface area contributed by atoms with Gasteiger partial charge in [-0.25, -0.2) is 4.39 Å². The Morgan fingerprint density at radius 2 is 1.86 bits per heavy atom. The molecule has 21 heavy (non-hydrogen) atoms. The average Bonchev–Trinajstić information content (AvgIpc) is 2.53. The Kier molecular flexibility index (Phi) is 3.73. The van der Waals surface area contributed by atoms with E-state index in [2.05, 4.69) is 5.32 Å². The summed E-state index contributed by atoms with van der Waals surface area (Å²) in [5.74, 6) is 0.644. The molecular weight excluding hydrogens is 273 g/mol. The summed E-state index contributed by atoms with van der Waals surface area (Å²) in [4.78, 5) is 12.1. The summed E-state index contributed by atoms with van der Waals surface area (Å²) in [5, 5.41) is 2.75. The van der Waals surface area contributed by atoms with Crippen LogP contribution in [0.4, 0.5) is 4.39 Å². The van der Waals surface area contributed by atoms with E-state index < -0.39 is 6.10 Å². The maximum atomic E-state index is 12.8. The van der Waals surface area contributed by atoms with E-state index in [1.54, 1.807) is 24.3 Å². The van der Waals surface area contributed by atoms with Gasteiger partial charge in [-0.2, -0.15) is 0 Å². The highest BCUT2D eigenvalue weighted by Gasteiger charge is 2.26. The fraction of sp³-hybridized carbons (Fsp3) is 0.188. The van der Waals surface area contributed by atoms with Gasteiger partial charge in [-0.15, -0.1) is 0 Å². The van der Waals surface area contributed by atoms with Crippen LogP contribution < -0.4 is 14.8 Å². The van der Waals surface area contributed by atoms with E-state index in [9.17, 15) is 9.18 Å². The largest absolute Gasteiger partial charge is 0.485 e. The number of hydrogen-bond acceptors (Lipinski definition) is 3. The molecule has 1 N–H and O–H groups in total. The molecule has 0 saturated carbocycles. The van der Waals surface area contributed by atoms with E-state index in [0.29, 0.717) is 18.0 Å². The van der Waals surface area contributed by atoms with E-state index in [1.807, 2.05) is 12.1 Å². The minimum Gasteiger partial charge on any atom is -0.485 e. The fourth-order valence-electron chi connectivity index (χ4n) is 2.05. The van der Waals surface area contributed by atoms with Crippen molar-refractivity contribution in [2.24, 2.45) is 0 Å². The van der Waals surface area contributed by atoms with Gasteiger partial charge < -0.3 is 14.8 Å². The molecule has 108 valence electrons. The number of halogens is 1. The van der Waals surface area contributed by atoms with Crippen molar-refractivity contribution in [3.05, 3.63) is 59.9 Å². The van der Waals surface area contributed by atoms with Crippen molar-refractivity contribution in [3.8, 4) is 11.5 Å². The Balaban J connectivity index is 1.58. The third-order valence-corrected chi connectivity index (χ3v) is 3.18. The summed E-state index contributed by atoms with van der Waals surface area (Å²) >= 11 is 0. The van der Waals surface area contributed by atoms with Crippen LogP contribution in [0.15, 0.2) is 48.5 Å². The smallest absolute Gasteiger partial charge is 0.264 e. The number of para-hydroxylation sites is 2. The third kappa shape index (κ3) is 3.13. The summed E-state index contributed by atoms with van der Waals surface area (Å²) < 4.78 is 23.9. The second-order valence-corrected chi connectivity index (χ2v) is 4.71. The maximum absolute atomic E-state index is 12.8. The molecule has 1 unspecified atom stereocenters. The molecule has 0 radical (unpaired) electrons. The van der Waals surface area contributed by atoms with E-state index in [-0.39, 0.29) is 18.3 Å². The van der Waals surface area contributed by atoms with Crippen LogP contribution in [0.25, 0.3) is 0 Å². The zero-order chi connectivity index (χ0) is 14.7. The molecular formula is C16H14FNO3. The molecule has 0 fully saturated rings. The van der Waals surface area contributed by atoms with Gasteiger partial charge in [0.2, 0.25) is 6.10 Å². The molecule has 5 heteroatoms. The van der Waals surface area contributed by atoms with E-state index in [1.165, 1.54) is 12.1 Å². The van der Waals surface area contributed by atoms with E-state index in [0.717, 1.165) is 5.56 Å². The third-order valence-electron chi connectivity index (χ3n) is 3.18. The topological polar surface area (TPSA) is 47.6 Å². The van der Waals surface area contributed by atoms with Crippen molar-refractivity contribution in [2.75, 3.05) is 6.61 Å². The van der Waals surface area contributed by atoms with Crippen molar-refractivity contribution in [3.63, 3.8) is 0 Å². The second-order valence-electron chi connectivity index (χ2n) is 4.71. The fourth-order valence-corrected chi connectivity index (χ4v) is 2.05. The number of hydrogen-bond donors (Lipinski definition) is 1. The minimum absolute atomic E-state index is 0.173. The molecule has 0 aromatic heterocycles. The number of ether oxygens (including phenoxy) is 2. The van der Waals surface area contributed by atoms with Crippen molar-refractivity contribution in [1.82, 2.24) is 5.32 Å². The van der Waals surface area contributed by atoms with Gasteiger partial charge in [0.25, 0.3) is 5.91 Å². The van der Waals surface area contributed by atoms with Crippen molar-refractivity contribution < 1.29 is 18.7 Å². The molecule has 0 spiro atoms. The molecule has 2 aromatic rings. The van der Waals surface area contributed by atoms with Crippen molar-refractivity contribution >= 4 is 5.91 Å². The summed E-state index contributed by atoms with van der Waals surface area (Å²) in [6, 6.07) is 13.2. The number of nitrogens with one attached hydrogen (secondary N) is 1. The molecule has 0 saturated heterocycles. The number of carbonyl (C=O) groups excluding carboxylic acids is 1. The first-order valence-electron chi connectivity index (χ1n) is 6.63. The van der Waals surface area contributed by atoms with Gasteiger partial charge in [-0.05, 0) is 29.8 Å².